The molecule has 2 aromatic carbocycles. The number of ether oxygens (including phenoxy) is 3. The van der Waals surface area contributed by atoms with Gasteiger partial charge in [-0.25, -0.2) is 4.79 Å². The highest BCUT2D eigenvalue weighted by Crippen LogP contribution is 2.37. The van der Waals surface area contributed by atoms with Gasteiger partial charge >= 0.3 is 5.97 Å². The maximum atomic E-state index is 13.3. The molecule has 1 unspecified atom stereocenters. The standard InChI is InChI=1S/C28H30N2O4/c1-4-18-17-30-14-12-20(18)15-26(30)27(34-28(31)19-5-7-21(32-2)8-6-19)23-11-13-29-25-10-9-22(33-3)16-24(23)25/h4-11,13,16,18,20,26-27H,1,12,14-15,17H2,2-3H3/p+1/t18-,20+,26-,27-/m0/s1. The molecule has 0 spiro atoms. The van der Waals surface area contributed by atoms with Crippen LogP contribution >= 0.6 is 0 Å². The highest BCUT2D eigenvalue weighted by atomic mass is 16.5. The molecule has 0 aliphatic carbocycles. The van der Waals surface area contributed by atoms with Gasteiger partial charge in [0, 0.05) is 35.9 Å². The van der Waals surface area contributed by atoms with E-state index in [4.69, 9.17) is 14.2 Å². The average molecular weight is 460 g/mol. The van der Waals surface area contributed by atoms with Gasteiger partial charge in [0.25, 0.3) is 0 Å². The number of hydrogen-bond acceptors (Lipinski definition) is 5. The molecule has 34 heavy (non-hydrogen) atoms. The predicted octanol–water partition coefficient (Wildman–Crippen LogP) is 3.63. The molecule has 4 heterocycles. The lowest BCUT2D eigenvalue weighted by molar-refractivity contribution is -0.949. The Labute approximate surface area is 200 Å². The van der Waals surface area contributed by atoms with Crippen molar-refractivity contribution in [3.63, 3.8) is 0 Å². The molecule has 1 N–H and O–H groups in total. The normalized spacial score (nSPS) is 24.4. The number of quaternary nitrogens is 1. The summed E-state index contributed by atoms with van der Waals surface area (Å²) in [6.45, 7) is 6.18. The third-order valence-corrected chi connectivity index (χ3v) is 7.54. The van der Waals surface area contributed by atoms with Crippen molar-refractivity contribution in [1.82, 2.24) is 4.98 Å². The Morgan fingerprint density at radius 3 is 2.56 bits per heavy atom. The van der Waals surface area contributed by atoms with Crippen molar-refractivity contribution in [1.29, 1.82) is 0 Å². The lowest BCUT2D eigenvalue weighted by Crippen LogP contribution is -3.20. The molecule has 1 aromatic heterocycles. The van der Waals surface area contributed by atoms with E-state index in [2.05, 4.69) is 17.6 Å². The van der Waals surface area contributed by atoms with Crippen molar-refractivity contribution in [3.05, 3.63) is 78.5 Å². The molecule has 6 heteroatoms. The van der Waals surface area contributed by atoms with E-state index in [1.165, 1.54) is 11.3 Å². The lowest BCUT2D eigenvalue weighted by atomic mass is 9.73. The monoisotopic (exact) mass is 459 g/mol. The van der Waals surface area contributed by atoms with E-state index in [9.17, 15) is 4.79 Å². The number of carbonyl (C=O) groups excluding carboxylic acids is 1. The molecule has 0 saturated carbocycles. The number of rotatable bonds is 7. The van der Waals surface area contributed by atoms with Crippen molar-refractivity contribution in [2.45, 2.75) is 25.0 Å². The second-order valence-corrected chi connectivity index (χ2v) is 9.24. The van der Waals surface area contributed by atoms with Gasteiger partial charge < -0.3 is 19.1 Å². The topological polar surface area (TPSA) is 62.1 Å². The summed E-state index contributed by atoms with van der Waals surface area (Å²) in [5.41, 5.74) is 2.35. The molecular formula is C28H31N2O4+. The van der Waals surface area contributed by atoms with Crippen molar-refractivity contribution in [2.24, 2.45) is 11.8 Å². The largest absolute Gasteiger partial charge is 0.497 e. The van der Waals surface area contributed by atoms with Gasteiger partial charge in [0.15, 0.2) is 6.10 Å². The number of fused-ring (bicyclic) bond motifs is 4. The number of piperidine rings is 3. The third-order valence-electron chi connectivity index (χ3n) is 7.54. The predicted molar refractivity (Wildman–Crippen MR) is 130 cm³/mol. The van der Waals surface area contributed by atoms with Crippen LogP contribution in [0.2, 0.25) is 0 Å². The van der Waals surface area contributed by atoms with Crippen LogP contribution in [0.4, 0.5) is 0 Å². The summed E-state index contributed by atoms with van der Waals surface area (Å²) in [6.07, 6.45) is 5.70. The van der Waals surface area contributed by atoms with Crippen LogP contribution in [-0.2, 0) is 4.74 Å². The van der Waals surface area contributed by atoms with Crippen LogP contribution < -0.4 is 14.4 Å². The number of benzene rings is 2. The lowest BCUT2D eigenvalue weighted by Gasteiger charge is -2.48. The number of hydrogen-bond donors (Lipinski definition) is 1. The molecule has 3 aromatic rings. The van der Waals surface area contributed by atoms with E-state index < -0.39 is 6.10 Å². The van der Waals surface area contributed by atoms with Crippen LogP contribution in [0.5, 0.6) is 11.5 Å². The van der Waals surface area contributed by atoms with Gasteiger partial charge in [-0.1, -0.05) is 6.08 Å². The SMILES string of the molecule is C=C[C@H]1C[NH+]2CC[C@@H]1C[C@H]2[C@@H](OC(=O)c1ccc(OC)cc1)c1ccnc2ccc(OC)cc12. The molecule has 6 rings (SSSR count). The highest BCUT2D eigenvalue weighted by Gasteiger charge is 2.47. The van der Waals surface area contributed by atoms with E-state index in [0.717, 1.165) is 41.7 Å². The zero-order valence-electron chi connectivity index (χ0n) is 19.7. The quantitative estimate of drug-likeness (QED) is 0.432. The Morgan fingerprint density at radius 1 is 1.12 bits per heavy atom. The van der Waals surface area contributed by atoms with Crippen LogP contribution in [0.25, 0.3) is 10.9 Å². The van der Waals surface area contributed by atoms with E-state index in [0.29, 0.717) is 23.1 Å². The fourth-order valence-corrected chi connectivity index (χ4v) is 5.69. The first-order valence-corrected chi connectivity index (χ1v) is 11.9. The highest BCUT2D eigenvalue weighted by molar-refractivity contribution is 5.90. The van der Waals surface area contributed by atoms with Crippen LogP contribution in [0, 0.1) is 11.8 Å². The molecule has 0 radical (unpaired) electrons. The van der Waals surface area contributed by atoms with Gasteiger partial charge in [-0.3, -0.25) is 4.98 Å². The molecule has 3 saturated heterocycles. The molecule has 176 valence electrons. The van der Waals surface area contributed by atoms with E-state index in [1.54, 1.807) is 44.7 Å². The first-order valence-electron chi connectivity index (χ1n) is 11.9. The maximum Gasteiger partial charge on any atom is 0.338 e. The van der Waals surface area contributed by atoms with E-state index in [-0.39, 0.29) is 12.0 Å². The summed E-state index contributed by atoms with van der Waals surface area (Å²) in [5.74, 6) is 2.22. The first-order chi connectivity index (χ1) is 16.6. The molecule has 3 aliphatic heterocycles. The molecule has 2 bridgehead atoms. The van der Waals surface area contributed by atoms with Crippen LogP contribution in [0.15, 0.2) is 67.4 Å². The molecule has 5 atom stereocenters. The Bertz CT molecular complexity index is 1190. The third kappa shape index (κ3) is 4.14. The minimum atomic E-state index is -0.393. The molecule has 6 nitrogen and oxygen atoms in total. The van der Waals surface area contributed by atoms with Crippen molar-refractivity contribution >= 4 is 16.9 Å². The fraction of sp³-hybridized carbons (Fsp3) is 0.357. The van der Waals surface area contributed by atoms with Gasteiger partial charge in [-0.15, -0.1) is 6.58 Å². The number of aromatic nitrogens is 1. The van der Waals surface area contributed by atoms with Gasteiger partial charge in [0.1, 0.15) is 17.5 Å². The molecular weight excluding hydrogens is 428 g/mol. The van der Waals surface area contributed by atoms with Gasteiger partial charge in [-0.05, 0) is 54.4 Å². The first kappa shape index (κ1) is 22.4. The summed E-state index contributed by atoms with van der Waals surface area (Å²) in [5, 5.41) is 0.955. The Kier molecular flexibility index (Phi) is 6.24. The van der Waals surface area contributed by atoms with E-state index in [1.807, 2.05) is 24.3 Å². The number of nitrogens with zero attached hydrogens (tertiary/aromatic N) is 1. The summed E-state index contributed by atoms with van der Waals surface area (Å²) >= 11 is 0. The summed E-state index contributed by atoms with van der Waals surface area (Å²) in [6, 6.07) is 15.1. The van der Waals surface area contributed by atoms with Crippen LogP contribution in [-0.4, -0.2) is 44.3 Å². The summed E-state index contributed by atoms with van der Waals surface area (Å²) < 4.78 is 17.1. The zero-order chi connectivity index (χ0) is 23.7. The molecule has 0 amide bonds. The van der Waals surface area contributed by atoms with Crippen molar-refractivity contribution in [2.75, 3.05) is 27.3 Å². The number of nitrogens with one attached hydrogen (secondary N) is 1. The Morgan fingerprint density at radius 2 is 1.88 bits per heavy atom. The van der Waals surface area contributed by atoms with Gasteiger partial charge in [0.2, 0.25) is 0 Å². The Balaban J connectivity index is 1.54. The number of pyridine rings is 1. The van der Waals surface area contributed by atoms with Crippen molar-refractivity contribution < 1.29 is 23.9 Å². The van der Waals surface area contributed by atoms with Crippen LogP contribution in [0.3, 0.4) is 0 Å². The second kappa shape index (κ2) is 9.47. The zero-order valence-corrected chi connectivity index (χ0v) is 19.7. The second-order valence-electron chi connectivity index (χ2n) is 9.24. The minimum Gasteiger partial charge on any atom is -0.497 e. The van der Waals surface area contributed by atoms with E-state index >= 15 is 0 Å². The van der Waals surface area contributed by atoms with Crippen molar-refractivity contribution in [3.8, 4) is 11.5 Å². The van der Waals surface area contributed by atoms with Gasteiger partial charge in [-0.2, -0.15) is 0 Å². The van der Waals surface area contributed by atoms with Gasteiger partial charge in [0.05, 0.1) is 38.4 Å². The summed E-state index contributed by atoms with van der Waals surface area (Å²) in [7, 11) is 3.27. The minimum absolute atomic E-state index is 0.175. The number of methoxy groups -OCH3 is 2. The Hall–Kier alpha value is -3.38. The fourth-order valence-electron chi connectivity index (χ4n) is 5.69. The maximum absolute atomic E-state index is 13.3. The average Bonchev–Trinajstić information content (AvgIpc) is 2.91. The molecule has 3 fully saturated rings. The molecule has 3 aliphatic rings. The number of carbonyl (C=O) groups is 1. The van der Waals surface area contributed by atoms with Crippen LogP contribution in [0.1, 0.15) is 34.9 Å². The smallest absolute Gasteiger partial charge is 0.338 e. The number of esters is 1. The summed E-state index contributed by atoms with van der Waals surface area (Å²) in [4.78, 5) is 19.4.